The molecule has 0 spiro atoms. The summed E-state index contributed by atoms with van der Waals surface area (Å²) in [5, 5.41) is -0.000000449. The SMILES string of the molecule is O=C1/C(=C\c2ccc(F)c(Cl)c2)SC(=S)N1c1ccc2c(c1)OCO2. The number of hydrogen-bond donors (Lipinski definition) is 0. The fourth-order valence-corrected chi connectivity index (χ4v) is 3.96. The average Bonchev–Trinajstić information content (AvgIpc) is 3.15. The van der Waals surface area contributed by atoms with Crippen LogP contribution in [0.4, 0.5) is 10.1 Å². The summed E-state index contributed by atoms with van der Waals surface area (Å²) in [6.07, 6.45) is 1.64. The van der Waals surface area contributed by atoms with Crippen LogP contribution in [0.1, 0.15) is 5.56 Å². The van der Waals surface area contributed by atoms with Crippen molar-refractivity contribution in [1.29, 1.82) is 0 Å². The highest BCUT2D eigenvalue weighted by atomic mass is 35.5. The van der Waals surface area contributed by atoms with Crippen LogP contribution in [0.15, 0.2) is 41.3 Å². The molecule has 2 heterocycles. The van der Waals surface area contributed by atoms with Crippen LogP contribution in [0, 0.1) is 5.82 Å². The van der Waals surface area contributed by atoms with Gasteiger partial charge in [-0.05, 0) is 35.9 Å². The maximum Gasteiger partial charge on any atom is 0.270 e. The number of nitrogens with zero attached hydrogens (tertiary/aromatic N) is 1. The van der Waals surface area contributed by atoms with Crippen LogP contribution < -0.4 is 14.4 Å². The molecule has 0 atom stereocenters. The van der Waals surface area contributed by atoms with E-state index >= 15 is 0 Å². The zero-order chi connectivity index (χ0) is 17.6. The second-order valence-corrected chi connectivity index (χ2v) is 7.31. The maximum atomic E-state index is 13.3. The maximum absolute atomic E-state index is 13.3. The number of thioether (sulfide) groups is 1. The minimum Gasteiger partial charge on any atom is -0.454 e. The molecule has 0 radical (unpaired) electrons. The molecule has 0 aromatic heterocycles. The van der Waals surface area contributed by atoms with E-state index in [0.29, 0.717) is 32.0 Å². The number of hydrogen-bond acceptors (Lipinski definition) is 5. The highest BCUT2D eigenvalue weighted by Gasteiger charge is 2.34. The zero-order valence-electron chi connectivity index (χ0n) is 12.5. The van der Waals surface area contributed by atoms with Gasteiger partial charge >= 0.3 is 0 Å². The van der Waals surface area contributed by atoms with Gasteiger partial charge in [-0.1, -0.05) is 41.6 Å². The molecule has 1 saturated heterocycles. The van der Waals surface area contributed by atoms with Crippen molar-refractivity contribution < 1.29 is 18.7 Å². The molecule has 2 aromatic carbocycles. The lowest BCUT2D eigenvalue weighted by Gasteiger charge is -2.14. The number of carbonyl (C=O) groups excluding carboxylic acids is 1. The van der Waals surface area contributed by atoms with Gasteiger partial charge in [-0.15, -0.1) is 0 Å². The van der Waals surface area contributed by atoms with Crippen LogP contribution >= 0.6 is 35.6 Å². The number of halogens is 2. The van der Waals surface area contributed by atoms with Gasteiger partial charge in [-0.2, -0.15) is 0 Å². The molecule has 8 heteroatoms. The lowest BCUT2D eigenvalue weighted by atomic mass is 10.2. The summed E-state index contributed by atoms with van der Waals surface area (Å²) in [4.78, 5) is 14.6. The van der Waals surface area contributed by atoms with Crippen molar-refractivity contribution in [3.63, 3.8) is 0 Å². The van der Waals surface area contributed by atoms with E-state index in [4.69, 9.17) is 33.3 Å². The minimum absolute atomic E-state index is 0.000000449. The lowest BCUT2D eigenvalue weighted by Crippen LogP contribution is -2.27. The molecule has 0 bridgehead atoms. The van der Waals surface area contributed by atoms with Crippen molar-refractivity contribution >= 4 is 57.6 Å². The molecule has 25 heavy (non-hydrogen) atoms. The molecule has 0 unspecified atom stereocenters. The number of benzene rings is 2. The normalized spacial score (nSPS) is 17.7. The van der Waals surface area contributed by atoms with Gasteiger partial charge in [0, 0.05) is 6.07 Å². The number of anilines is 1. The predicted octanol–water partition coefficient (Wildman–Crippen LogP) is 4.61. The van der Waals surface area contributed by atoms with Gasteiger partial charge in [0.15, 0.2) is 15.8 Å². The molecular weight excluding hydrogens is 385 g/mol. The van der Waals surface area contributed by atoms with Crippen molar-refractivity contribution in [1.82, 2.24) is 0 Å². The first-order valence-corrected chi connectivity index (χ1v) is 8.76. The summed E-state index contributed by atoms with van der Waals surface area (Å²) in [5.74, 6) is 0.438. The monoisotopic (exact) mass is 393 g/mol. The van der Waals surface area contributed by atoms with Crippen molar-refractivity contribution in [2.45, 2.75) is 0 Å². The van der Waals surface area contributed by atoms with Gasteiger partial charge in [0.1, 0.15) is 5.82 Å². The zero-order valence-corrected chi connectivity index (χ0v) is 14.9. The molecule has 0 N–H and O–H groups in total. The number of thiocarbonyl (C=S) groups is 1. The van der Waals surface area contributed by atoms with E-state index in [0.717, 1.165) is 0 Å². The van der Waals surface area contributed by atoms with E-state index in [1.54, 1.807) is 30.3 Å². The molecule has 2 aromatic rings. The number of ether oxygens (including phenoxy) is 2. The molecule has 2 aliphatic rings. The number of carbonyl (C=O) groups is 1. The first kappa shape index (κ1) is 16.4. The van der Waals surface area contributed by atoms with Crippen molar-refractivity contribution in [3.05, 3.63) is 57.7 Å². The van der Waals surface area contributed by atoms with Crippen LogP contribution in [0.2, 0.25) is 5.02 Å². The van der Waals surface area contributed by atoms with Crippen LogP contribution in [0.5, 0.6) is 11.5 Å². The van der Waals surface area contributed by atoms with Crippen molar-refractivity contribution in [3.8, 4) is 11.5 Å². The van der Waals surface area contributed by atoms with E-state index in [1.165, 1.54) is 28.8 Å². The quantitative estimate of drug-likeness (QED) is 0.550. The summed E-state index contributed by atoms with van der Waals surface area (Å²) in [6.45, 7) is 0.155. The molecule has 126 valence electrons. The molecule has 4 nitrogen and oxygen atoms in total. The summed E-state index contributed by atoms with van der Waals surface area (Å²) in [7, 11) is 0. The Balaban J connectivity index is 1.66. The molecule has 4 rings (SSSR count). The molecule has 1 fully saturated rings. The fraction of sp³-hybridized carbons (Fsp3) is 0.0588. The first-order valence-electron chi connectivity index (χ1n) is 7.15. The largest absolute Gasteiger partial charge is 0.454 e. The van der Waals surface area contributed by atoms with Crippen LogP contribution in [0.25, 0.3) is 6.08 Å². The Morgan fingerprint density at radius 1 is 1.20 bits per heavy atom. The van der Waals surface area contributed by atoms with Crippen LogP contribution in [-0.2, 0) is 4.79 Å². The fourth-order valence-electron chi connectivity index (χ4n) is 2.47. The van der Waals surface area contributed by atoms with E-state index in [1.807, 2.05) is 0 Å². The van der Waals surface area contributed by atoms with Gasteiger partial charge in [-0.3, -0.25) is 9.69 Å². The van der Waals surface area contributed by atoms with Crippen molar-refractivity contribution in [2.75, 3.05) is 11.7 Å². The van der Waals surface area contributed by atoms with E-state index in [2.05, 4.69) is 0 Å². The molecule has 0 aliphatic carbocycles. The summed E-state index contributed by atoms with van der Waals surface area (Å²) in [5.41, 5.74) is 1.23. The Morgan fingerprint density at radius 2 is 2.00 bits per heavy atom. The van der Waals surface area contributed by atoms with Gasteiger partial charge in [0.05, 0.1) is 15.6 Å². The molecule has 0 saturated carbocycles. The highest BCUT2D eigenvalue weighted by Crippen LogP contribution is 2.40. The molecular formula is C17H9ClFNO3S2. The molecule has 1 amide bonds. The summed E-state index contributed by atoms with van der Waals surface area (Å²) < 4.78 is 24.3. The third kappa shape index (κ3) is 2.99. The second-order valence-electron chi connectivity index (χ2n) is 5.23. The number of rotatable bonds is 2. The van der Waals surface area contributed by atoms with E-state index in [-0.39, 0.29) is 17.7 Å². The number of amides is 1. The van der Waals surface area contributed by atoms with Gasteiger partial charge in [0.2, 0.25) is 6.79 Å². The Morgan fingerprint density at radius 3 is 2.80 bits per heavy atom. The Kier molecular flexibility index (Phi) is 4.15. The highest BCUT2D eigenvalue weighted by molar-refractivity contribution is 8.27. The van der Waals surface area contributed by atoms with Crippen molar-refractivity contribution in [2.24, 2.45) is 0 Å². The van der Waals surface area contributed by atoms with E-state index < -0.39 is 5.82 Å². The molecule has 2 aliphatic heterocycles. The topological polar surface area (TPSA) is 38.8 Å². The first-order chi connectivity index (χ1) is 12.0. The predicted molar refractivity (Wildman–Crippen MR) is 99.6 cm³/mol. The summed E-state index contributed by atoms with van der Waals surface area (Å²) in [6, 6.07) is 9.46. The van der Waals surface area contributed by atoms with E-state index in [9.17, 15) is 9.18 Å². The Hall–Kier alpha value is -2.09. The van der Waals surface area contributed by atoms with Gasteiger partial charge in [-0.25, -0.2) is 4.39 Å². The van der Waals surface area contributed by atoms with Crippen LogP contribution in [-0.4, -0.2) is 17.0 Å². The second kappa shape index (κ2) is 6.33. The third-order valence-electron chi connectivity index (χ3n) is 3.65. The van der Waals surface area contributed by atoms with Gasteiger partial charge < -0.3 is 9.47 Å². The Labute approximate surface area is 157 Å². The van der Waals surface area contributed by atoms with Crippen LogP contribution in [0.3, 0.4) is 0 Å². The minimum atomic E-state index is -0.508. The Bertz CT molecular complexity index is 947. The smallest absolute Gasteiger partial charge is 0.270 e. The standard InChI is InChI=1S/C17H9ClFNO3S2/c18-11-5-9(1-3-12(11)19)6-15-16(21)20(17(24)25-15)10-2-4-13-14(7-10)23-8-22-13/h1-7H,8H2/b15-6+. The summed E-state index contributed by atoms with van der Waals surface area (Å²) >= 11 is 12.3. The van der Waals surface area contributed by atoms with Gasteiger partial charge in [0.25, 0.3) is 5.91 Å². The number of fused-ring (bicyclic) bond motifs is 1. The average molecular weight is 394 g/mol. The lowest BCUT2D eigenvalue weighted by molar-refractivity contribution is -0.113. The third-order valence-corrected chi connectivity index (χ3v) is 5.24.